The second-order valence-corrected chi connectivity index (χ2v) is 5.34. The number of hydrogen-bond acceptors (Lipinski definition) is 4. The maximum atomic E-state index is 6.21. The molecule has 2 aromatic rings. The number of ether oxygens (including phenoxy) is 2. The molecule has 0 unspecified atom stereocenters. The Hall–Kier alpha value is -1.72. The van der Waals surface area contributed by atoms with Crippen LogP contribution in [-0.4, -0.2) is 29.3 Å². The summed E-state index contributed by atoms with van der Waals surface area (Å²) in [5, 5.41) is 4.02. The minimum absolute atomic E-state index is 0.554. The van der Waals surface area contributed by atoms with E-state index in [0.717, 1.165) is 37.4 Å². The lowest BCUT2D eigenvalue weighted by Gasteiger charge is -2.20. The molecule has 0 atom stereocenters. The number of rotatable bonds is 6. The van der Waals surface area contributed by atoms with E-state index in [2.05, 4.69) is 14.9 Å². The molecule has 21 heavy (non-hydrogen) atoms. The Labute approximate surface area is 128 Å². The first-order valence-electron chi connectivity index (χ1n) is 7.07. The van der Waals surface area contributed by atoms with Crippen LogP contribution in [0, 0.1) is 0 Å². The number of halogens is 1. The molecule has 1 aliphatic rings. The summed E-state index contributed by atoms with van der Waals surface area (Å²) in [5.41, 5.74) is 1.10. The van der Waals surface area contributed by atoms with Crippen molar-refractivity contribution >= 4 is 11.6 Å². The molecule has 3 rings (SSSR count). The fourth-order valence-electron chi connectivity index (χ4n) is 2.30. The van der Waals surface area contributed by atoms with E-state index < -0.39 is 0 Å². The highest BCUT2D eigenvalue weighted by atomic mass is 35.5. The molecule has 1 N–H and O–H groups in total. The number of nitrogens with one attached hydrogen (secondary N) is 1. The van der Waals surface area contributed by atoms with Crippen LogP contribution in [0.2, 0.25) is 5.02 Å². The molecular weight excluding hydrogens is 290 g/mol. The van der Waals surface area contributed by atoms with Gasteiger partial charge in [-0.15, -0.1) is 0 Å². The first-order chi connectivity index (χ1) is 10.3. The summed E-state index contributed by atoms with van der Waals surface area (Å²) in [7, 11) is 0. The van der Waals surface area contributed by atoms with Gasteiger partial charge in [-0.05, 0) is 30.7 Å². The van der Waals surface area contributed by atoms with Crippen LogP contribution in [-0.2, 0) is 13.1 Å². The molecule has 0 aliphatic carbocycles. The first kappa shape index (κ1) is 14.2. The number of imidazole rings is 1. The molecule has 0 bridgehead atoms. The third-order valence-electron chi connectivity index (χ3n) is 3.31. The van der Waals surface area contributed by atoms with Gasteiger partial charge in [0.15, 0.2) is 11.5 Å². The van der Waals surface area contributed by atoms with Crippen LogP contribution < -0.4 is 14.8 Å². The van der Waals surface area contributed by atoms with Gasteiger partial charge in [0.2, 0.25) is 0 Å². The highest BCUT2D eigenvalue weighted by Crippen LogP contribution is 2.38. The number of hydrogen-bond donors (Lipinski definition) is 1. The predicted octanol–water partition coefficient (Wildman–Crippen LogP) is 2.49. The van der Waals surface area contributed by atoms with Gasteiger partial charge in [-0.2, -0.15) is 0 Å². The molecule has 6 heteroatoms. The number of nitrogens with zero attached hydrogens (tertiary/aromatic N) is 2. The molecule has 0 fully saturated rings. The zero-order chi connectivity index (χ0) is 14.5. The van der Waals surface area contributed by atoms with E-state index in [1.807, 2.05) is 24.7 Å². The van der Waals surface area contributed by atoms with Crippen molar-refractivity contribution < 1.29 is 9.47 Å². The Morgan fingerprint density at radius 2 is 2.19 bits per heavy atom. The molecular formula is C15H18ClN3O2. The fraction of sp³-hybridized carbons (Fsp3) is 0.400. The monoisotopic (exact) mass is 307 g/mol. The number of aromatic nitrogens is 2. The van der Waals surface area contributed by atoms with Crippen LogP contribution in [0.3, 0.4) is 0 Å². The van der Waals surface area contributed by atoms with Crippen LogP contribution in [0.4, 0.5) is 0 Å². The summed E-state index contributed by atoms with van der Waals surface area (Å²) in [5.74, 6) is 1.40. The van der Waals surface area contributed by atoms with Crippen molar-refractivity contribution in [3.63, 3.8) is 0 Å². The minimum atomic E-state index is 0.554. The van der Waals surface area contributed by atoms with Crippen LogP contribution in [0.1, 0.15) is 12.0 Å². The Balaban J connectivity index is 1.48. The van der Waals surface area contributed by atoms with Crippen LogP contribution in [0.5, 0.6) is 11.5 Å². The molecule has 1 aliphatic heterocycles. The summed E-state index contributed by atoms with van der Waals surface area (Å²) in [6.07, 6.45) is 6.65. The normalized spacial score (nSPS) is 13.4. The van der Waals surface area contributed by atoms with E-state index in [1.54, 1.807) is 6.20 Å². The summed E-state index contributed by atoms with van der Waals surface area (Å²) >= 11 is 6.21. The van der Waals surface area contributed by atoms with Crippen molar-refractivity contribution in [3.8, 4) is 11.5 Å². The zero-order valence-electron chi connectivity index (χ0n) is 11.7. The lowest BCUT2D eigenvalue weighted by molar-refractivity contribution is 0.171. The smallest absolute Gasteiger partial charge is 0.179 e. The van der Waals surface area contributed by atoms with Gasteiger partial charge >= 0.3 is 0 Å². The van der Waals surface area contributed by atoms with E-state index in [0.29, 0.717) is 24.0 Å². The highest BCUT2D eigenvalue weighted by molar-refractivity contribution is 6.32. The van der Waals surface area contributed by atoms with E-state index in [4.69, 9.17) is 21.1 Å². The second-order valence-electron chi connectivity index (χ2n) is 4.93. The maximum Gasteiger partial charge on any atom is 0.179 e. The highest BCUT2D eigenvalue weighted by Gasteiger charge is 2.16. The van der Waals surface area contributed by atoms with Gasteiger partial charge in [0.05, 0.1) is 11.3 Å². The number of benzene rings is 1. The SMILES string of the molecule is Clc1cc(CNCCCn2ccnc2)cc2c1OCCO2. The fourth-order valence-corrected chi connectivity index (χ4v) is 2.59. The molecule has 5 nitrogen and oxygen atoms in total. The van der Waals surface area contributed by atoms with Gasteiger partial charge in [-0.3, -0.25) is 0 Å². The third-order valence-corrected chi connectivity index (χ3v) is 3.60. The van der Waals surface area contributed by atoms with Crippen molar-refractivity contribution in [3.05, 3.63) is 41.4 Å². The Morgan fingerprint density at radius 3 is 3.05 bits per heavy atom. The molecule has 0 saturated heterocycles. The quantitative estimate of drug-likeness (QED) is 0.833. The van der Waals surface area contributed by atoms with E-state index in [1.165, 1.54) is 0 Å². The molecule has 112 valence electrons. The summed E-state index contributed by atoms with van der Waals surface area (Å²) < 4.78 is 13.2. The Morgan fingerprint density at radius 1 is 1.29 bits per heavy atom. The molecule has 2 heterocycles. The van der Waals surface area contributed by atoms with Crippen molar-refractivity contribution in [2.45, 2.75) is 19.5 Å². The number of fused-ring (bicyclic) bond motifs is 1. The molecule has 1 aromatic heterocycles. The molecule has 0 saturated carbocycles. The van der Waals surface area contributed by atoms with E-state index >= 15 is 0 Å². The van der Waals surface area contributed by atoms with Gasteiger partial charge in [0, 0.05) is 25.5 Å². The van der Waals surface area contributed by atoms with E-state index in [9.17, 15) is 0 Å². The summed E-state index contributed by atoms with van der Waals surface area (Å²) in [6.45, 7) is 3.79. The van der Waals surface area contributed by atoms with Crippen molar-refractivity contribution in [1.29, 1.82) is 0 Å². The van der Waals surface area contributed by atoms with Crippen molar-refractivity contribution in [1.82, 2.24) is 14.9 Å². The Kier molecular flexibility index (Phi) is 4.62. The van der Waals surface area contributed by atoms with Gasteiger partial charge in [-0.25, -0.2) is 4.98 Å². The van der Waals surface area contributed by atoms with Gasteiger partial charge in [0.1, 0.15) is 13.2 Å². The predicted molar refractivity (Wildman–Crippen MR) is 81.0 cm³/mol. The topological polar surface area (TPSA) is 48.3 Å². The average molecular weight is 308 g/mol. The zero-order valence-corrected chi connectivity index (χ0v) is 12.5. The Bertz CT molecular complexity index is 587. The second kappa shape index (κ2) is 6.83. The van der Waals surface area contributed by atoms with Crippen molar-refractivity contribution in [2.75, 3.05) is 19.8 Å². The van der Waals surface area contributed by atoms with Crippen LogP contribution in [0.15, 0.2) is 30.9 Å². The molecule has 0 spiro atoms. The summed E-state index contributed by atoms with van der Waals surface area (Å²) in [4.78, 5) is 4.02. The largest absolute Gasteiger partial charge is 0.486 e. The molecule has 1 aromatic carbocycles. The first-order valence-corrected chi connectivity index (χ1v) is 7.45. The average Bonchev–Trinajstić information content (AvgIpc) is 3.00. The van der Waals surface area contributed by atoms with Gasteiger partial charge in [-0.1, -0.05) is 11.6 Å². The van der Waals surface area contributed by atoms with Crippen LogP contribution in [0.25, 0.3) is 0 Å². The standard InChI is InChI=1S/C15H18ClN3O2/c16-13-8-12(9-14-15(13)21-7-6-20-14)10-17-2-1-4-19-5-3-18-11-19/h3,5,8-9,11,17H,1-2,4,6-7,10H2. The number of aryl methyl sites for hydroxylation is 1. The van der Waals surface area contributed by atoms with Gasteiger partial charge < -0.3 is 19.4 Å². The lowest BCUT2D eigenvalue weighted by Crippen LogP contribution is -2.18. The summed E-state index contributed by atoms with van der Waals surface area (Å²) in [6, 6.07) is 3.92. The van der Waals surface area contributed by atoms with Crippen molar-refractivity contribution in [2.24, 2.45) is 0 Å². The molecule has 0 radical (unpaired) electrons. The minimum Gasteiger partial charge on any atom is -0.486 e. The van der Waals surface area contributed by atoms with Crippen LogP contribution >= 0.6 is 11.6 Å². The third kappa shape index (κ3) is 3.68. The maximum absolute atomic E-state index is 6.21. The molecule has 0 amide bonds. The lowest BCUT2D eigenvalue weighted by atomic mass is 10.2. The van der Waals surface area contributed by atoms with Gasteiger partial charge in [0.25, 0.3) is 0 Å². The van der Waals surface area contributed by atoms with E-state index in [-0.39, 0.29) is 0 Å².